The number of aromatic nitrogens is 4. The standard InChI is InChI=1S/C21H31FN6O3S/c1-14(2)28-12-15-4-5-19(26-32(3,29)30)18(20(15)25-28)13-31-17-6-8-27(9-7-17)21-23-10-16(22)11-24-21/h10-12,14,17-19,26H,4-9,13H2,1-3H3/t18-,19-/m0/s1. The van der Waals surface area contributed by atoms with Gasteiger partial charge in [0.05, 0.1) is 37.1 Å². The number of hydrogen-bond acceptors (Lipinski definition) is 7. The molecule has 2 aromatic rings. The molecule has 11 heteroatoms. The van der Waals surface area contributed by atoms with Crippen molar-refractivity contribution in [3.05, 3.63) is 35.7 Å². The molecule has 1 aliphatic carbocycles. The zero-order chi connectivity index (χ0) is 22.9. The van der Waals surface area contributed by atoms with Crippen LogP contribution in [-0.2, 0) is 21.2 Å². The van der Waals surface area contributed by atoms with Gasteiger partial charge in [-0.05, 0) is 45.1 Å². The van der Waals surface area contributed by atoms with Gasteiger partial charge in [0.25, 0.3) is 0 Å². The molecule has 1 saturated heterocycles. The summed E-state index contributed by atoms with van der Waals surface area (Å²) in [6.07, 6.45) is 8.79. The van der Waals surface area contributed by atoms with E-state index in [1.54, 1.807) is 0 Å². The van der Waals surface area contributed by atoms with Crippen LogP contribution < -0.4 is 9.62 Å². The zero-order valence-corrected chi connectivity index (χ0v) is 19.6. The predicted octanol–water partition coefficient (Wildman–Crippen LogP) is 2.03. The van der Waals surface area contributed by atoms with E-state index in [0.717, 1.165) is 44.5 Å². The quantitative estimate of drug-likeness (QED) is 0.666. The fraction of sp³-hybridized carbons (Fsp3) is 0.667. The summed E-state index contributed by atoms with van der Waals surface area (Å²) in [4.78, 5) is 10.1. The molecule has 1 fully saturated rings. The van der Waals surface area contributed by atoms with Crippen LogP contribution in [0.15, 0.2) is 18.6 Å². The number of hydrogen-bond donors (Lipinski definition) is 1. The van der Waals surface area contributed by atoms with Crippen molar-refractivity contribution in [2.24, 2.45) is 0 Å². The molecule has 4 rings (SSSR count). The molecule has 3 heterocycles. The van der Waals surface area contributed by atoms with Crippen LogP contribution in [0.3, 0.4) is 0 Å². The fourth-order valence-corrected chi connectivity index (χ4v) is 5.29. The van der Waals surface area contributed by atoms with E-state index in [-0.39, 0.29) is 24.1 Å². The smallest absolute Gasteiger partial charge is 0.225 e. The van der Waals surface area contributed by atoms with Gasteiger partial charge in [-0.1, -0.05) is 0 Å². The number of aryl methyl sites for hydroxylation is 1. The van der Waals surface area contributed by atoms with Gasteiger partial charge in [-0.25, -0.2) is 27.5 Å². The Hall–Kier alpha value is -2.11. The summed E-state index contributed by atoms with van der Waals surface area (Å²) >= 11 is 0. The first-order valence-electron chi connectivity index (χ1n) is 11.1. The fourth-order valence-electron chi connectivity index (χ4n) is 4.46. The van der Waals surface area contributed by atoms with Crippen molar-refractivity contribution >= 4 is 16.0 Å². The highest BCUT2D eigenvalue weighted by Crippen LogP contribution is 2.33. The van der Waals surface area contributed by atoms with Crippen molar-refractivity contribution in [3.63, 3.8) is 0 Å². The van der Waals surface area contributed by atoms with E-state index in [4.69, 9.17) is 9.84 Å². The second kappa shape index (κ2) is 9.40. The molecule has 0 radical (unpaired) electrons. The Kier molecular flexibility index (Phi) is 6.78. The number of rotatable bonds is 7. The lowest BCUT2D eigenvalue weighted by molar-refractivity contribution is 0.0215. The molecule has 2 atom stereocenters. The minimum Gasteiger partial charge on any atom is -0.377 e. The summed E-state index contributed by atoms with van der Waals surface area (Å²) in [7, 11) is -3.34. The Morgan fingerprint density at radius 2 is 1.91 bits per heavy atom. The highest BCUT2D eigenvalue weighted by Gasteiger charge is 2.35. The van der Waals surface area contributed by atoms with E-state index in [9.17, 15) is 12.8 Å². The molecule has 2 aromatic heterocycles. The van der Waals surface area contributed by atoms with Gasteiger partial charge < -0.3 is 9.64 Å². The summed E-state index contributed by atoms with van der Waals surface area (Å²) in [5.74, 6) is -0.0543. The molecule has 176 valence electrons. The molecule has 0 bridgehead atoms. The summed E-state index contributed by atoms with van der Waals surface area (Å²) in [5, 5.41) is 4.78. The number of fused-ring (bicyclic) bond motifs is 1. The third kappa shape index (κ3) is 5.44. The molecule has 32 heavy (non-hydrogen) atoms. The van der Waals surface area contributed by atoms with Crippen LogP contribution in [0.25, 0.3) is 0 Å². The zero-order valence-electron chi connectivity index (χ0n) is 18.7. The number of ether oxygens (including phenoxy) is 1. The van der Waals surface area contributed by atoms with E-state index in [2.05, 4.69) is 34.7 Å². The molecule has 0 aromatic carbocycles. The van der Waals surface area contributed by atoms with Crippen molar-refractivity contribution in [2.45, 2.75) is 63.6 Å². The van der Waals surface area contributed by atoms with Gasteiger partial charge in [-0.3, -0.25) is 4.68 Å². The van der Waals surface area contributed by atoms with E-state index in [1.165, 1.54) is 24.2 Å². The maximum absolute atomic E-state index is 13.1. The van der Waals surface area contributed by atoms with Crippen LogP contribution in [0.1, 0.15) is 56.3 Å². The van der Waals surface area contributed by atoms with Crippen molar-refractivity contribution < 1.29 is 17.5 Å². The van der Waals surface area contributed by atoms with E-state index < -0.39 is 15.8 Å². The maximum atomic E-state index is 13.1. The van der Waals surface area contributed by atoms with Gasteiger partial charge in [-0.15, -0.1) is 0 Å². The lowest BCUT2D eigenvalue weighted by Crippen LogP contribution is -2.44. The SMILES string of the molecule is CC(C)n1cc2c(n1)[C@@H](COC1CCN(c3ncc(F)cn3)CC1)[C@@H](NS(C)(=O)=O)CC2. The summed E-state index contributed by atoms with van der Waals surface area (Å²) in [6, 6.07) is 0.00205. The monoisotopic (exact) mass is 466 g/mol. The number of sulfonamides is 1. The number of nitrogens with zero attached hydrogens (tertiary/aromatic N) is 5. The third-order valence-corrected chi connectivity index (χ3v) is 6.87. The van der Waals surface area contributed by atoms with Crippen molar-refractivity contribution in [1.29, 1.82) is 0 Å². The average molecular weight is 467 g/mol. The van der Waals surface area contributed by atoms with E-state index >= 15 is 0 Å². The summed E-state index contributed by atoms with van der Waals surface area (Å²) in [6.45, 7) is 6.01. The molecule has 1 N–H and O–H groups in total. The van der Waals surface area contributed by atoms with Crippen LogP contribution >= 0.6 is 0 Å². The first-order valence-corrected chi connectivity index (χ1v) is 13.0. The normalized spacial score (nSPS) is 22.3. The number of halogens is 1. The average Bonchev–Trinajstić information content (AvgIpc) is 3.18. The van der Waals surface area contributed by atoms with Crippen LogP contribution in [0.4, 0.5) is 10.3 Å². The van der Waals surface area contributed by atoms with Crippen LogP contribution in [-0.4, -0.2) is 66.3 Å². The maximum Gasteiger partial charge on any atom is 0.225 e. The van der Waals surface area contributed by atoms with Crippen molar-refractivity contribution in [2.75, 3.05) is 30.9 Å². The van der Waals surface area contributed by atoms with Gasteiger partial charge in [0.15, 0.2) is 5.82 Å². The topological polar surface area (TPSA) is 102 Å². The predicted molar refractivity (Wildman–Crippen MR) is 119 cm³/mol. The van der Waals surface area contributed by atoms with Crippen LogP contribution in [0, 0.1) is 5.82 Å². The molecule has 0 amide bonds. The number of anilines is 1. The molecular weight excluding hydrogens is 435 g/mol. The Balaban J connectivity index is 1.41. The van der Waals surface area contributed by atoms with Gasteiger partial charge >= 0.3 is 0 Å². The van der Waals surface area contributed by atoms with Crippen LogP contribution in [0.5, 0.6) is 0 Å². The minimum absolute atomic E-state index is 0.0585. The Morgan fingerprint density at radius 3 is 2.53 bits per heavy atom. The molecule has 0 saturated carbocycles. The van der Waals surface area contributed by atoms with Gasteiger partial charge in [0.1, 0.15) is 0 Å². The molecule has 9 nitrogen and oxygen atoms in total. The Labute approximate surface area is 188 Å². The first kappa shape index (κ1) is 23.1. The third-order valence-electron chi connectivity index (χ3n) is 6.14. The summed E-state index contributed by atoms with van der Waals surface area (Å²) in [5.41, 5.74) is 2.10. The minimum atomic E-state index is -3.34. The first-order chi connectivity index (χ1) is 15.2. The van der Waals surface area contributed by atoms with Crippen molar-refractivity contribution in [1.82, 2.24) is 24.5 Å². The van der Waals surface area contributed by atoms with E-state index in [1.807, 2.05) is 9.58 Å². The molecule has 0 unspecified atom stereocenters. The van der Waals surface area contributed by atoms with Gasteiger partial charge in [-0.2, -0.15) is 5.10 Å². The lowest BCUT2D eigenvalue weighted by Gasteiger charge is -2.35. The molecule has 1 aliphatic heterocycles. The van der Waals surface area contributed by atoms with Gasteiger partial charge in [0, 0.05) is 37.3 Å². The lowest BCUT2D eigenvalue weighted by atomic mass is 9.84. The van der Waals surface area contributed by atoms with Crippen molar-refractivity contribution in [3.8, 4) is 0 Å². The Morgan fingerprint density at radius 1 is 1.22 bits per heavy atom. The molecular formula is C21H31FN6O3S. The molecule has 2 aliphatic rings. The second-order valence-corrected chi connectivity index (χ2v) is 10.8. The van der Waals surface area contributed by atoms with Gasteiger partial charge in [0.2, 0.25) is 16.0 Å². The number of nitrogens with one attached hydrogen (secondary N) is 1. The number of piperidine rings is 1. The Bertz CT molecular complexity index is 1020. The van der Waals surface area contributed by atoms with Crippen LogP contribution in [0.2, 0.25) is 0 Å². The summed E-state index contributed by atoms with van der Waals surface area (Å²) < 4.78 is 48.0. The largest absolute Gasteiger partial charge is 0.377 e. The second-order valence-electron chi connectivity index (χ2n) is 8.98. The van der Waals surface area contributed by atoms with E-state index in [0.29, 0.717) is 12.6 Å². The highest BCUT2D eigenvalue weighted by molar-refractivity contribution is 7.88. The highest BCUT2D eigenvalue weighted by atomic mass is 32.2. The molecule has 0 spiro atoms.